The molecule has 4 rings (SSSR count). The number of carbonyl (C=O) groups excluding carboxylic acids is 3. The maximum Gasteiger partial charge on any atom is 0.310 e. The number of likely N-dealkylation sites (tertiary alicyclic amines) is 1. The first-order chi connectivity index (χ1) is 15.9. The number of aliphatic hydroxyl groups is 1. The Morgan fingerprint density at radius 3 is 2.76 bits per heavy atom. The number of ether oxygens (including phenoxy) is 1. The zero-order valence-corrected chi connectivity index (χ0v) is 20.2. The highest BCUT2D eigenvalue weighted by molar-refractivity contribution is 8.02. The lowest BCUT2D eigenvalue weighted by Crippen LogP contribution is -2.55. The number of amides is 2. The van der Waals surface area contributed by atoms with Gasteiger partial charge in [0.15, 0.2) is 0 Å². The number of fused-ring (bicyclic) bond motifs is 1. The second-order valence-corrected chi connectivity index (χ2v) is 10.7. The number of thioether (sulfide) groups is 1. The van der Waals surface area contributed by atoms with E-state index in [2.05, 4.69) is 6.58 Å². The van der Waals surface area contributed by atoms with E-state index in [4.69, 9.17) is 16.3 Å². The summed E-state index contributed by atoms with van der Waals surface area (Å²) in [6, 6.07) is 6.25. The van der Waals surface area contributed by atoms with Gasteiger partial charge in [-0.15, -0.1) is 18.3 Å². The molecule has 3 saturated heterocycles. The largest absolute Gasteiger partial charge is 0.466 e. The van der Waals surface area contributed by atoms with Gasteiger partial charge in [-0.3, -0.25) is 14.4 Å². The molecule has 0 aromatic heterocycles. The molecule has 3 fully saturated rings. The molecule has 0 saturated carbocycles. The van der Waals surface area contributed by atoms with E-state index in [0.29, 0.717) is 23.6 Å². The van der Waals surface area contributed by atoms with E-state index in [1.807, 2.05) is 0 Å². The molecule has 1 N–H and O–H groups in total. The van der Waals surface area contributed by atoms with Crippen LogP contribution in [-0.2, 0) is 19.1 Å². The first kappa shape index (κ1) is 24.1. The van der Waals surface area contributed by atoms with Crippen LogP contribution in [0.15, 0.2) is 36.9 Å². The minimum absolute atomic E-state index is 0.0309. The summed E-state index contributed by atoms with van der Waals surface area (Å²) in [5.41, 5.74) is 0.665. The molecule has 1 aromatic rings. The summed E-state index contributed by atoms with van der Waals surface area (Å²) in [5.74, 6) is -1.89. The normalized spacial score (nSPS) is 29.8. The second kappa shape index (κ2) is 9.68. The number of aliphatic hydroxyl groups excluding tert-OH is 1. The summed E-state index contributed by atoms with van der Waals surface area (Å²) in [5, 5.41) is 9.97. The van der Waals surface area contributed by atoms with Crippen molar-refractivity contribution in [3.63, 3.8) is 0 Å². The van der Waals surface area contributed by atoms with Crippen molar-refractivity contribution in [2.24, 2.45) is 11.8 Å². The molecule has 3 aliphatic rings. The van der Waals surface area contributed by atoms with Crippen LogP contribution >= 0.6 is 23.4 Å². The number of carbonyl (C=O) groups is 3. The fourth-order valence-corrected chi connectivity index (χ4v) is 7.97. The lowest BCUT2D eigenvalue weighted by molar-refractivity contribution is -0.153. The van der Waals surface area contributed by atoms with Crippen LogP contribution in [0.2, 0.25) is 5.02 Å². The third kappa shape index (κ3) is 3.96. The van der Waals surface area contributed by atoms with Gasteiger partial charge < -0.3 is 19.6 Å². The topological polar surface area (TPSA) is 87.2 Å². The SMILES string of the molecule is C=CCN(C(=O)C1N(CCCO)C(=O)[C@@H]2[C@H](C(=O)OCC)[C@@H]3CCC12S3)c1ccc(Cl)cc1. The van der Waals surface area contributed by atoms with Crippen molar-refractivity contribution in [3.05, 3.63) is 41.9 Å². The number of hydrogen-bond donors (Lipinski definition) is 1. The summed E-state index contributed by atoms with van der Waals surface area (Å²) in [4.78, 5) is 43.9. The molecule has 7 nitrogen and oxygen atoms in total. The summed E-state index contributed by atoms with van der Waals surface area (Å²) in [6.45, 7) is 6.25. The second-order valence-electron chi connectivity index (χ2n) is 8.63. The van der Waals surface area contributed by atoms with Crippen LogP contribution in [0.25, 0.3) is 0 Å². The van der Waals surface area contributed by atoms with E-state index >= 15 is 0 Å². The van der Waals surface area contributed by atoms with Gasteiger partial charge in [0.05, 0.1) is 23.2 Å². The molecule has 5 atom stereocenters. The fraction of sp³-hybridized carbons (Fsp3) is 0.542. The molecule has 178 valence electrons. The van der Waals surface area contributed by atoms with Crippen LogP contribution in [0.5, 0.6) is 0 Å². The maximum absolute atomic E-state index is 14.1. The Bertz CT molecular complexity index is 941. The summed E-state index contributed by atoms with van der Waals surface area (Å²) >= 11 is 7.65. The van der Waals surface area contributed by atoms with Gasteiger partial charge in [-0.05, 0) is 50.5 Å². The molecule has 2 bridgehead atoms. The van der Waals surface area contributed by atoms with Gasteiger partial charge in [-0.25, -0.2) is 0 Å². The summed E-state index contributed by atoms with van der Waals surface area (Å²) in [7, 11) is 0. The van der Waals surface area contributed by atoms with Gasteiger partial charge in [0.1, 0.15) is 6.04 Å². The summed E-state index contributed by atoms with van der Waals surface area (Å²) in [6.07, 6.45) is 3.46. The minimum atomic E-state index is -0.730. The molecule has 3 heterocycles. The van der Waals surface area contributed by atoms with Crippen molar-refractivity contribution in [3.8, 4) is 0 Å². The lowest BCUT2D eigenvalue weighted by Gasteiger charge is -2.37. The smallest absolute Gasteiger partial charge is 0.310 e. The predicted molar refractivity (Wildman–Crippen MR) is 128 cm³/mol. The summed E-state index contributed by atoms with van der Waals surface area (Å²) < 4.78 is 4.64. The number of rotatable bonds is 9. The highest BCUT2D eigenvalue weighted by Gasteiger charge is 2.74. The van der Waals surface area contributed by atoms with E-state index in [-0.39, 0.29) is 49.3 Å². The van der Waals surface area contributed by atoms with Crippen molar-refractivity contribution in [2.45, 2.75) is 42.2 Å². The number of nitrogens with zero attached hydrogens (tertiary/aromatic N) is 2. The van der Waals surface area contributed by atoms with Gasteiger partial charge in [0.25, 0.3) is 5.91 Å². The van der Waals surface area contributed by atoms with Crippen molar-refractivity contribution >= 4 is 46.8 Å². The Kier molecular flexibility index (Phi) is 7.07. The highest BCUT2D eigenvalue weighted by atomic mass is 35.5. The van der Waals surface area contributed by atoms with E-state index in [0.717, 1.165) is 6.42 Å². The lowest BCUT2D eigenvalue weighted by atomic mass is 9.71. The van der Waals surface area contributed by atoms with Crippen molar-refractivity contribution in [1.29, 1.82) is 0 Å². The van der Waals surface area contributed by atoms with Gasteiger partial charge in [-0.2, -0.15) is 0 Å². The predicted octanol–water partition coefficient (Wildman–Crippen LogP) is 2.90. The Labute approximate surface area is 203 Å². The number of halogens is 1. The minimum Gasteiger partial charge on any atom is -0.466 e. The Morgan fingerprint density at radius 1 is 1.39 bits per heavy atom. The molecule has 2 amide bonds. The van der Waals surface area contributed by atoms with E-state index in [1.54, 1.807) is 58.8 Å². The standard InChI is InChI=1S/C24H29ClN2O5S/c1-3-12-26(16-8-6-15(25)7-9-16)22(30)20-24-11-10-17(33-24)18(23(31)32-4-2)19(24)21(29)27(20)13-5-14-28/h3,6-9,17-20,28H,1,4-5,10-14H2,2H3/t17-,18+,19-,20?,24?/m0/s1. The molecular formula is C24H29ClN2O5S. The quantitative estimate of drug-likeness (QED) is 0.421. The average molecular weight is 493 g/mol. The van der Waals surface area contributed by atoms with Crippen LogP contribution in [0.3, 0.4) is 0 Å². The Hall–Kier alpha value is -2.03. The number of anilines is 1. The molecule has 33 heavy (non-hydrogen) atoms. The Balaban J connectivity index is 1.75. The van der Waals surface area contributed by atoms with Crippen LogP contribution < -0.4 is 4.90 Å². The third-order valence-corrected chi connectivity index (χ3v) is 9.07. The van der Waals surface area contributed by atoms with E-state index in [1.165, 1.54) is 0 Å². The molecule has 9 heteroatoms. The molecule has 0 radical (unpaired) electrons. The first-order valence-corrected chi connectivity index (χ1v) is 12.6. The fourth-order valence-electron chi connectivity index (χ4n) is 5.64. The number of esters is 1. The maximum atomic E-state index is 14.1. The molecule has 1 aromatic carbocycles. The Morgan fingerprint density at radius 2 is 2.12 bits per heavy atom. The molecule has 1 spiro atoms. The third-order valence-electron chi connectivity index (χ3n) is 6.87. The molecular weight excluding hydrogens is 464 g/mol. The van der Waals surface area contributed by atoms with Crippen molar-refractivity contribution < 1.29 is 24.2 Å². The zero-order valence-electron chi connectivity index (χ0n) is 18.6. The number of benzene rings is 1. The van der Waals surface area contributed by atoms with Crippen molar-refractivity contribution in [2.75, 3.05) is 31.2 Å². The van der Waals surface area contributed by atoms with Gasteiger partial charge in [-0.1, -0.05) is 17.7 Å². The molecule has 0 aliphatic carbocycles. The van der Waals surface area contributed by atoms with Gasteiger partial charge in [0, 0.05) is 35.7 Å². The van der Waals surface area contributed by atoms with Gasteiger partial charge in [0.2, 0.25) is 5.91 Å². The van der Waals surface area contributed by atoms with E-state index in [9.17, 15) is 19.5 Å². The van der Waals surface area contributed by atoms with Crippen LogP contribution in [0.1, 0.15) is 26.2 Å². The van der Waals surface area contributed by atoms with Crippen LogP contribution in [0, 0.1) is 11.8 Å². The number of hydrogen-bond acceptors (Lipinski definition) is 6. The van der Waals surface area contributed by atoms with Crippen LogP contribution in [-0.4, -0.2) is 70.1 Å². The van der Waals surface area contributed by atoms with Gasteiger partial charge >= 0.3 is 5.97 Å². The first-order valence-electron chi connectivity index (χ1n) is 11.3. The monoisotopic (exact) mass is 492 g/mol. The van der Waals surface area contributed by atoms with E-state index < -0.39 is 22.6 Å². The molecule has 2 unspecified atom stereocenters. The zero-order chi connectivity index (χ0) is 23.8. The average Bonchev–Trinajstić information content (AvgIpc) is 3.44. The highest BCUT2D eigenvalue weighted by Crippen LogP contribution is 2.66. The van der Waals surface area contributed by atoms with Crippen molar-refractivity contribution in [1.82, 2.24) is 4.90 Å². The van der Waals surface area contributed by atoms with Crippen LogP contribution in [0.4, 0.5) is 5.69 Å². The molecule has 3 aliphatic heterocycles.